The van der Waals surface area contributed by atoms with E-state index in [-0.39, 0.29) is 12.2 Å². The highest BCUT2D eigenvalue weighted by atomic mass is 32.1. The van der Waals surface area contributed by atoms with Gasteiger partial charge in [-0.05, 0) is 33.8 Å². The Morgan fingerprint density at radius 2 is 1.95 bits per heavy atom. The minimum Gasteiger partial charge on any atom is -0.389 e. The van der Waals surface area contributed by atoms with E-state index in [1.54, 1.807) is 0 Å². The minimum absolute atomic E-state index is 0.205. The minimum atomic E-state index is 0.205. The maximum atomic E-state index is 5.87. The molecule has 0 spiro atoms. The fourth-order valence-corrected chi connectivity index (χ4v) is 2.99. The van der Waals surface area contributed by atoms with Crippen LogP contribution in [0.5, 0.6) is 0 Å². The Balaban J connectivity index is 2.45. The van der Waals surface area contributed by atoms with Gasteiger partial charge in [-0.2, -0.15) is 0 Å². The van der Waals surface area contributed by atoms with Gasteiger partial charge in [0, 0.05) is 24.5 Å². The number of pyridine rings is 1. The molecule has 0 aliphatic carbocycles. The van der Waals surface area contributed by atoms with E-state index < -0.39 is 0 Å². The highest BCUT2D eigenvalue weighted by molar-refractivity contribution is 7.80. The molecule has 2 rings (SSSR count). The van der Waals surface area contributed by atoms with Gasteiger partial charge in [-0.3, -0.25) is 4.98 Å². The van der Waals surface area contributed by atoms with Crippen molar-refractivity contribution in [1.29, 1.82) is 0 Å². The zero-order chi connectivity index (χ0) is 14.2. The number of nitrogens with zero attached hydrogens (tertiary/aromatic N) is 2. The van der Waals surface area contributed by atoms with Crippen LogP contribution < -0.4 is 10.6 Å². The molecular formula is C14H21N3OS. The number of aromatic nitrogens is 1. The van der Waals surface area contributed by atoms with Crippen LogP contribution in [-0.2, 0) is 4.74 Å². The standard InChI is InChI=1S/C14H21N3OS/c1-8-5-12(13(14(15)19)11(4)16-8)17-6-9(2)18-10(3)7-17/h5,9-10H,6-7H2,1-4H3,(H2,15,19)/t9-,10+. The summed E-state index contributed by atoms with van der Waals surface area (Å²) in [6.07, 6.45) is 0.411. The first-order valence-corrected chi connectivity index (χ1v) is 6.97. The normalized spacial score (nSPS) is 23.5. The molecule has 0 aromatic carbocycles. The zero-order valence-corrected chi connectivity index (χ0v) is 12.8. The summed E-state index contributed by atoms with van der Waals surface area (Å²) in [5, 5.41) is 0. The zero-order valence-electron chi connectivity index (χ0n) is 11.9. The van der Waals surface area contributed by atoms with Gasteiger partial charge in [-0.1, -0.05) is 12.2 Å². The van der Waals surface area contributed by atoms with Crippen LogP contribution in [0.2, 0.25) is 0 Å². The van der Waals surface area contributed by atoms with Gasteiger partial charge < -0.3 is 15.4 Å². The first-order valence-electron chi connectivity index (χ1n) is 6.57. The number of thiocarbonyl (C=S) groups is 1. The molecule has 19 heavy (non-hydrogen) atoms. The van der Waals surface area contributed by atoms with Crippen LogP contribution in [0.1, 0.15) is 30.8 Å². The van der Waals surface area contributed by atoms with Gasteiger partial charge in [0.05, 0.1) is 23.5 Å². The SMILES string of the molecule is Cc1cc(N2C[C@@H](C)O[C@@H](C)C2)c(C(N)=S)c(C)n1. The Labute approximate surface area is 120 Å². The summed E-state index contributed by atoms with van der Waals surface area (Å²) in [5.74, 6) is 0. The molecule has 0 saturated carbocycles. The first-order chi connectivity index (χ1) is 8.88. The predicted molar refractivity (Wildman–Crippen MR) is 81.8 cm³/mol. The van der Waals surface area contributed by atoms with Gasteiger partial charge in [0.1, 0.15) is 4.99 Å². The largest absolute Gasteiger partial charge is 0.389 e. The summed E-state index contributed by atoms with van der Waals surface area (Å²) in [4.78, 5) is 7.17. The van der Waals surface area contributed by atoms with Crippen molar-refractivity contribution in [2.75, 3.05) is 18.0 Å². The van der Waals surface area contributed by atoms with Gasteiger partial charge in [-0.15, -0.1) is 0 Å². The Morgan fingerprint density at radius 1 is 1.37 bits per heavy atom. The Bertz CT molecular complexity index is 494. The lowest BCUT2D eigenvalue weighted by atomic mass is 10.1. The molecule has 1 aliphatic rings. The number of hydrogen-bond acceptors (Lipinski definition) is 4. The van der Waals surface area contributed by atoms with E-state index in [1.807, 2.05) is 13.8 Å². The topological polar surface area (TPSA) is 51.4 Å². The molecule has 1 aliphatic heterocycles. The molecule has 4 nitrogen and oxygen atoms in total. The molecule has 0 unspecified atom stereocenters. The number of nitrogens with two attached hydrogens (primary N) is 1. The number of morpholine rings is 1. The second-order valence-electron chi connectivity index (χ2n) is 5.27. The number of ether oxygens (including phenoxy) is 1. The lowest BCUT2D eigenvalue weighted by molar-refractivity contribution is -0.00523. The summed E-state index contributed by atoms with van der Waals surface area (Å²) in [6.45, 7) is 9.82. The van der Waals surface area contributed by atoms with E-state index in [1.165, 1.54) is 0 Å². The van der Waals surface area contributed by atoms with Crippen LogP contribution in [-0.4, -0.2) is 35.3 Å². The molecule has 2 N–H and O–H groups in total. The van der Waals surface area contributed by atoms with Crippen LogP contribution in [0, 0.1) is 13.8 Å². The van der Waals surface area contributed by atoms with Crippen molar-refractivity contribution in [3.63, 3.8) is 0 Å². The fourth-order valence-electron chi connectivity index (χ4n) is 2.74. The molecule has 1 aromatic rings. The lowest BCUT2D eigenvalue weighted by Gasteiger charge is -2.38. The summed E-state index contributed by atoms with van der Waals surface area (Å²) in [6, 6.07) is 2.06. The van der Waals surface area contributed by atoms with Gasteiger partial charge in [0.2, 0.25) is 0 Å². The molecule has 0 amide bonds. The van der Waals surface area contributed by atoms with E-state index in [9.17, 15) is 0 Å². The third-order valence-corrected chi connectivity index (χ3v) is 3.52. The van der Waals surface area contributed by atoms with E-state index in [0.29, 0.717) is 4.99 Å². The number of anilines is 1. The summed E-state index contributed by atoms with van der Waals surface area (Å²) in [7, 11) is 0. The smallest absolute Gasteiger partial charge is 0.107 e. The van der Waals surface area contributed by atoms with E-state index in [2.05, 4.69) is 29.8 Å². The first kappa shape index (κ1) is 14.2. The molecule has 0 radical (unpaired) electrons. The average Bonchev–Trinajstić information content (AvgIpc) is 2.25. The maximum Gasteiger partial charge on any atom is 0.107 e. The quantitative estimate of drug-likeness (QED) is 0.839. The van der Waals surface area contributed by atoms with Crippen molar-refractivity contribution in [3.05, 3.63) is 23.0 Å². The van der Waals surface area contributed by atoms with Crippen LogP contribution >= 0.6 is 12.2 Å². The maximum absolute atomic E-state index is 5.87. The average molecular weight is 279 g/mol. The highest BCUT2D eigenvalue weighted by Gasteiger charge is 2.25. The lowest BCUT2D eigenvalue weighted by Crippen LogP contribution is -2.46. The number of aryl methyl sites for hydroxylation is 2. The molecule has 0 bridgehead atoms. The fraction of sp³-hybridized carbons (Fsp3) is 0.571. The second-order valence-corrected chi connectivity index (χ2v) is 5.71. The van der Waals surface area contributed by atoms with Gasteiger partial charge in [0.25, 0.3) is 0 Å². The van der Waals surface area contributed by atoms with Crippen LogP contribution in [0.25, 0.3) is 0 Å². The third-order valence-electron chi connectivity index (χ3n) is 3.31. The van der Waals surface area contributed by atoms with Gasteiger partial charge >= 0.3 is 0 Å². The van der Waals surface area contributed by atoms with Crippen LogP contribution in [0.4, 0.5) is 5.69 Å². The molecule has 2 atom stereocenters. The monoisotopic (exact) mass is 279 g/mol. The van der Waals surface area contributed by atoms with Crippen molar-refractivity contribution in [3.8, 4) is 0 Å². The highest BCUT2D eigenvalue weighted by Crippen LogP contribution is 2.27. The van der Waals surface area contributed by atoms with Gasteiger partial charge in [0.15, 0.2) is 0 Å². The van der Waals surface area contributed by atoms with Crippen molar-refractivity contribution in [1.82, 2.24) is 4.98 Å². The molecular weight excluding hydrogens is 258 g/mol. The van der Waals surface area contributed by atoms with E-state index in [0.717, 1.165) is 35.7 Å². The second kappa shape index (κ2) is 5.43. The molecule has 1 saturated heterocycles. The Kier molecular flexibility index (Phi) is 4.06. The molecule has 1 fully saturated rings. The van der Waals surface area contributed by atoms with Crippen LogP contribution in [0.15, 0.2) is 6.07 Å². The number of hydrogen-bond donors (Lipinski definition) is 1. The summed E-state index contributed by atoms with van der Waals surface area (Å²) < 4.78 is 5.78. The molecule has 2 heterocycles. The van der Waals surface area contributed by atoms with Crippen molar-refractivity contribution >= 4 is 22.9 Å². The third kappa shape index (κ3) is 3.04. The molecule has 5 heteroatoms. The molecule has 104 valence electrons. The van der Waals surface area contributed by atoms with Crippen molar-refractivity contribution < 1.29 is 4.74 Å². The number of rotatable bonds is 2. The Hall–Kier alpha value is -1.20. The van der Waals surface area contributed by atoms with E-state index >= 15 is 0 Å². The molecule has 1 aromatic heterocycles. The Morgan fingerprint density at radius 3 is 2.47 bits per heavy atom. The predicted octanol–water partition coefficient (Wildman–Crippen LogP) is 1.95. The van der Waals surface area contributed by atoms with Crippen molar-refractivity contribution in [2.45, 2.75) is 39.9 Å². The van der Waals surface area contributed by atoms with E-state index in [4.69, 9.17) is 22.7 Å². The van der Waals surface area contributed by atoms with Crippen molar-refractivity contribution in [2.24, 2.45) is 5.73 Å². The van der Waals surface area contributed by atoms with Crippen LogP contribution in [0.3, 0.4) is 0 Å². The summed E-state index contributed by atoms with van der Waals surface area (Å²) in [5.41, 5.74) is 9.73. The van der Waals surface area contributed by atoms with Gasteiger partial charge in [-0.25, -0.2) is 0 Å². The summed E-state index contributed by atoms with van der Waals surface area (Å²) >= 11 is 5.19.